The third-order valence-electron chi connectivity index (χ3n) is 4.45. The van der Waals surface area contributed by atoms with Crippen molar-refractivity contribution >= 4 is 21.6 Å². The Morgan fingerprint density at radius 3 is 2.92 bits per heavy atom. The number of amides is 1. The summed E-state index contributed by atoms with van der Waals surface area (Å²) < 4.78 is 26.6. The van der Waals surface area contributed by atoms with E-state index in [0.29, 0.717) is 30.7 Å². The molecule has 1 aliphatic rings. The fourth-order valence-electron chi connectivity index (χ4n) is 3.25. The lowest BCUT2D eigenvalue weighted by Crippen LogP contribution is -2.45. The fourth-order valence-corrected chi connectivity index (χ4v) is 3.74. The Balaban J connectivity index is 1.78. The molecule has 9 heteroatoms. The van der Waals surface area contributed by atoms with Crippen LogP contribution in [0.1, 0.15) is 41.6 Å². The maximum absolute atomic E-state index is 13.0. The van der Waals surface area contributed by atoms with Crippen molar-refractivity contribution in [3.8, 4) is 0 Å². The van der Waals surface area contributed by atoms with Gasteiger partial charge in [0, 0.05) is 31.5 Å². The number of likely N-dealkylation sites (tertiary alicyclic amines) is 1. The zero-order chi connectivity index (χ0) is 18.0. The number of nitrogens with one attached hydrogen (secondary N) is 1. The molecule has 3 rings (SSSR count). The van der Waals surface area contributed by atoms with Gasteiger partial charge in [0.05, 0.1) is 12.5 Å². The first-order valence-electron chi connectivity index (χ1n) is 8.41. The van der Waals surface area contributed by atoms with Crippen LogP contribution < -0.4 is 4.72 Å². The number of aryl methyl sites for hydroxylation is 1. The van der Waals surface area contributed by atoms with Crippen LogP contribution in [0.2, 0.25) is 0 Å². The molecule has 0 bridgehead atoms. The summed E-state index contributed by atoms with van der Waals surface area (Å²) in [4.78, 5) is 19.2. The monoisotopic (exact) mass is 365 g/mol. The minimum atomic E-state index is -3.22. The number of carbonyl (C=O) groups is 1. The van der Waals surface area contributed by atoms with Gasteiger partial charge in [-0.3, -0.25) is 4.79 Å². The number of nitrogens with zero attached hydrogens (tertiary/aromatic N) is 4. The molecule has 136 valence electrons. The minimum absolute atomic E-state index is 0.0240. The molecule has 0 radical (unpaired) electrons. The quantitative estimate of drug-likeness (QED) is 0.852. The largest absolute Gasteiger partial charge is 0.335 e. The van der Waals surface area contributed by atoms with Crippen LogP contribution in [-0.4, -0.2) is 59.2 Å². The summed E-state index contributed by atoms with van der Waals surface area (Å²) in [5.74, 6) is -0.0876. The Hall–Kier alpha value is -2.00. The van der Waals surface area contributed by atoms with Crippen LogP contribution in [0.4, 0.5) is 0 Å². The van der Waals surface area contributed by atoms with Gasteiger partial charge in [-0.25, -0.2) is 22.6 Å². The van der Waals surface area contributed by atoms with E-state index >= 15 is 0 Å². The first-order valence-corrected chi connectivity index (χ1v) is 10.3. The Labute approximate surface area is 147 Å². The molecule has 0 spiro atoms. The number of fused-ring (bicyclic) bond motifs is 1. The predicted molar refractivity (Wildman–Crippen MR) is 93.9 cm³/mol. The van der Waals surface area contributed by atoms with E-state index in [2.05, 4.69) is 14.8 Å². The van der Waals surface area contributed by atoms with Crippen molar-refractivity contribution in [2.75, 3.05) is 19.3 Å². The summed E-state index contributed by atoms with van der Waals surface area (Å²) in [5, 5.41) is 4.23. The molecule has 1 aliphatic heterocycles. The summed E-state index contributed by atoms with van der Waals surface area (Å²) >= 11 is 0. The van der Waals surface area contributed by atoms with Gasteiger partial charge >= 0.3 is 0 Å². The highest BCUT2D eigenvalue weighted by atomic mass is 32.2. The molecule has 3 heterocycles. The summed E-state index contributed by atoms with van der Waals surface area (Å²) in [6.45, 7) is 2.93. The number of aromatic nitrogens is 3. The number of rotatable bonds is 5. The average Bonchev–Trinajstić information content (AvgIpc) is 2.96. The molecule has 8 nitrogen and oxygen atoms in total. The van der Waals surface area contributed by atoms with Crippen LogP contribution in [0.3, 0.4) is 0 Å². The number of hydrogen-bond donors (Lipinski definition) is 1. The summed E-state index contributed by atoms with van der Waals surface area (Å²) in [6, 6.07) is 0.0240. The fraction of sp³-hybridized carbons (Fsp3) is 0.562. The van der Waals surface area contributed by atoms with E-state index in [1.807, 2.05) is 18.0 Å². The van der Waals surface area contributed by atoms with E-state index in [1.54, 1.807) is 16.9 Å². The molecule has 1 atom stereocenters. The molecule has 1 N–H and O–H groups in total. The van der Waals surface area contributed by atoms with Crippen LogP contribution in [0.5, 0.6) is 0 Å². The highest BCUT2D eigenvalue weighted by molar-refractivity contribution is 7.88. The summed E-state index contributed by atoms with van der Waals surface area (Å²) in [5.41, 5.74) is 2.01. The van der Waals surface area contributed by atoms with E-state index in [9.17, 15) is 13.2 Å². The van der Waals surface area contributed by atoms with Gasteiger partial charge in [0.2, 0.25) is 10.0 Å². The average molecular weight is 365 g/mol. The van der Waals surface area contributed by atoms with E-state index in [-0.39, 0.29) is 11.9 Å². The first kappa shape index (κ1) is 17.8. The SMILES string of the molecule is Cc1cnc2c(C(=O)N3CCCC[C@@H]3CCNS(C)(=O)=O)cnn2c1. The van der Waals surface area contributed by atoms with Crippen LogP contribution in [-0.2, 0) is 10.0 Å². The zero-order valence-electron chi connectivity index (χ0n) is 14.5. The molecule has 1 fully saturated rings. The van der Waals surface area contributed by atoms with Gasteiger partial charge in [-0.1, -0.05) is 0 Å². The van der Waals surface area contributed by atoms with Gasteiger partial charge in [-0.2, -0.15) is 5.10 Å². The van der Waals surface area contributed by atoms with Gasteiger partial charge in [0.1, 0.15) is 5.56 Å². The lowest BCUT2D eigenvalue weighted by molar-refractivity contribution is 0.0605. The summed E-state index contributed by atoms with van der Waals surface area (Å²) in [7, 11) is -3.22. The van der Waals surface area contributed by atoms with E-state index in [4.69, 9.17) is 0 Å². The number of carbonyl (C=O) groups excluding carboxylic acids is 1. The third kappa shape index (κ3) is 4.16. The van der Waals surface area contributed by atoms with Gasteiger partial charge < -0.3 is 4.90 Å². The Bertz CT molecular complexity index is 877. The molecular weight excluding hydrogens is 342 g/mol. The predicted octanol–water partition coefficient (Wildman–Crippen LogP) is 0.972. The molecular formula is C16H23N5O3S. The van der Waals surface area contributed by atoms with Crippen molar-refractivity contribution in [1.82, 2.24) is 24.2 Å². The van der Waals surface area contributed by atoms with E-state index in [0.717, 1.165) is 31.1 Å². The highest BCUT2D eigenvalue weighted by Crippen LogP contribution is 2.23. The van der Waals surface area contributed by atoms with Crippen molar-refractivity contribution in [2.24, 2.45) is 0 Å². The molecule has 0 saturated carbocycles. The van der Waals surface area contributed by atoms with Gasteiger partial charge in [-0.15, -0.1) is 0 Å². The Morgan fingerprint density at radius 1 is 1.36 bits per heavy atom. The number of hydrogen-bond acceptors (Lipinski definition) is 5. The van der Waals surface area contributed by atoms with E-state index in [1.165, 1.54) is 0 Å². The smallest absolute Gasteiger partial charge is 0.259 e. The second kappa shape index (κ2) is 7.09. The molecule has 25 heavy (non-hydrogen) atoms. The van der Waals surface area contributed by atoms with Gasteiger partial charge in [0.15, 0.2) is 5.65 Å². The Kier molecular flexibility index (Phi) is 5.05. The van der Waals surface area contributed by atoms with Crippen molar-refractivity contribution < 1.29 is 13.2 Å². The zero-order valence-corrected chi connectivity index (χ0v) is 15.3. The van der Waals surface area contributed by atoms with Crippen molar-refractivity contribution in [1.29, 1.82) is 0 Å². The molecule has 1 saturated heterocycles. The molecule has 0 unspecified atom stereocenters. The maximum Gasteiger partial charge on any atom is 0.259 e. The van der Waals surface area contributed by atoms with Crippen LogP contribution in [0.15, 0.2) is 18.6 Å². The second-order valence-electron chi connectivity index (χ2n) is 6.56. The van der Waals surface area contributed by atoms with E-state index < -0.39 is 10.0 Å². The molecule has 2 aromatic rings. The maximum atomic E-state index is 13.0. The molecule has 0 aliphatic carbocycles. The van der Waals surface area contributed by atoms with Crippen molar-refractivity contribution in [2.45, 2.75) is 38.6 Å². The number of piperidine rings is 1. The lowest BCUT2D eigenvalue weighted by atomic mass is 9.98. The molecule has 1 amide bonds. The molecule has 2 aromatic heterocycles. The highest BCUT2D eigenvalue weighted by Gasteiger charge is 2.29. The van der Waals surface area contributed by atoms with Gasteiger partial charge in [-0.05, 0) is 38.2 Å². The number of sulfonamides is 1. The van der Waals surface area contributed by atoms with Gasteiger partial charge in [0.25, 0.3) is 5.91 Å². The normalized spacial score (nSPS) is 18.6. The summed E-state index contributed by atoms with van der Waals surface area (Å²) in [6.07, 6.45) is 9.73. The topological polar surface area (TPSA) is 96.7 Å². The van der Waals surface area contributed by atoms with Crippen LogP contribution >= 0.6 is 0 Å². The first-order chi connectivity index (χ1) is 11.8. The van der Waals surface area contributed by atoms with Crippen LogP contribution in [0.25, 0.3) is 5.65 Å². The van der Waals surface area contributed by atoms with Crippen molar-refractivity contribution in [3.63, 3.8) is 0 Å². The van der Waals surface area contributed by atoms with Crippen LogP contribution in [0, 0.1) is 6.92 Å². The lowest BCUT2D eigenvalue weighted by Gasteiger charge is -2.35. The second-order valence-corrected chi connectivity index (χ2v) is 8.39. The standard InChI is InChI=1S/C16H23N5O3S/c1-12-9-17-15-14(10-18-21(15)11-12)16(22)20-8-4-3-5-13(20)6-7-19-25(2,23)24/h9-11,13,19H,3-8H2,1-2H3/t13-/m1/s1. The third-order valence-corrected chi connectivity index (χ3v) is 5.17. The Morgan fingerprint density at radius 2 is 2.16 bits per heavy atom. The minimum Gasteiger partial charge on any atom is -0.335 e. The van der Waals surface area contributed by atoms with Crippen molar-refractivity contribution in [3.05, 3.63) is 29.7 Å². The molecule has 0 aromatic carbocycles.